The molecule has 1 aromatic carbocycles. The molecule has 3 aliphatic heterocycles. The van der Waals surface area contributed by atoms with Crippen molar-refractivity contribution < 1.29 is 32.2 Å². The lowest BCUT2D eigenvalue weighted by Gasteiger charge is -2.37. The van der Waals surface area contributed by atoms with Crippen molar-refractivity contribution in [2.24, 2.45) is 0 Å². The van der Waals surface area contributed by atoms with Crippen LogP contribution in [-0.4, -0.2) is 58.3 Å². The second-order valence-electron chi connectivity index (χ2n) is 8.65. The fraction of sp³-hybridized carbons (Fsp3) is 0.478. The molecule has 1 aromatic heterocycles. The first-order chi connectivity index (χ1) is 16.3. The van der Waals surface area contributed by atoms with Crippen molar-refractivity contribution in [3.05, 3.63) is 53.1 Å². The zero-order valence-corrected chi connectivity index (χ0v) is 18.5. The third-order valence-electron chi connectivity index (χ3n) is 6.64. The zero-order chi connectivity index (χ0) is 24.0. The summed E-state index contributed by atoms with van der Waals surface area (Å²) in [5.74, 6) is -3.14. The van der Waals surface area contributed by atoms with Crippen LogP contribution in [0.3, 0.4) is 0 Å². The number of esters is 1. The van der Waals surface area contributed by atoms with E-state index in [4.69, 9.17) is 9.47 Å². The average Bonchev–Trinajstić information content (AvgIpc) is 3.32. The van der Waals surface area contributed by atoms with Gasteiger partial charge in [0, 0.05) is 32.0 Å². The molecule has 180 valence electrons. The molecule has 2 aromatic rings. The fourth-order valence-electron chi connectivity index (χ4n) is 5.06. The molecule has 0 saturated carbocycles. The quantitative estimate of drug-likeness (QED) is 0.627. The SMILES string of the molecule is CCOC(=O)c1nc(N2CCC3(CC2)O[C@@H]2CC[C@@H](c4cc(F)cc(F)c4)N2C3=O)ncc1F. The maximum Gasteiger partial charge on any atom is 0.360 e. The van der Waals surface area contributed by atoms with Crippen LogP contribution in [0.1, 0.15) is 54.7 Å². The van der Waals surface area contributed by atoms with Crippen LogP contribution in [0.15, 0.2) is 24.4 Å². The number of halogens is 3. The topological polar surface area (TPSA) is 84.9 Å². The number of rotatable bonds is 4. The first kappa shape index (κ1) is 22.6. The summed E-state index contributed by atoms with van der Waals surface area (Å²) in [5.41, 5.74) is -1.07. The third-order valence-corrected chi connectivity index (χ3v) is 6.64. The molecule has 3 saturated heterocycles. The number of ether oxygens (including phenoxy) is 2. The Labute approximate surface area is 193 Å². The largest absolute Gasteiger partial charge is 0.461 e. The lowest BCUT2D eigenvalue weighted by atomic mass is 9.89. The van der Waals surface area contributed by atoms with Gasteiger partial charge in [0.2, 0.25) is 5.95 Å². The molecule has 0 bridgehead atoms. The minimum atomic E-state index is -1.05. The average molecular weight is 476 g/mol. The fourth-order valence-corrected chi connectivity index (χ4v) is 5.06. The standard InChI is InChI=1S/C23H23F3N4O4/c1-2-33-20(31)19-16(26)12-27-22(28-19)29-7-5-23(6-8-29)21(32)30-17(3-4-18(30)34-23)13-9-14(24)11-15(25)10-13/h9-12,17-18H,2-8H2,1H3/t17-,18+/m0/s1. The number of aromatic nitrogens is 2. The third kappa shape index (κ3) is 3.77. The highest BCUT2D eigenvalue weighted by Crippen LogP contribution is 2.48. The van der Waals surface area contributed by atoms with Crippen molar-refractivity contribution in [3.63, 3.8) is 0 Å². The van der Waals surface area contributed by atoms with E-state index in [1.54, 1.807) is 16.7 Å². The van der Waals surface area contributed by atoms with Crippen LogP contribution < -0.4 is 4.90 Å². The number of amides is 1. The Morgan fingerprint density at radius 2 is 1.88 bits per heavy atom. The Hall–Kier alpha value is -3.21. The minimum absolute atomic E-state index is 0.0875. The van der Waals surface area contributed by atoms with Gasteiger partial charge in [0.05, 0.1) is 18.8 Å². The smallest absolute Gasteiger partial charge is 0.360 e. The first-order valence-electron chi connectivity index (χ1n) is 11.2. The van der Waals surface area contributed by atoms with Crippen molar-refractivity contribution in [1.29, 1.82) is 0 Å². The van der Waals surface area contributed by atoms with Crippen molar-refractivity contribution in [1.82, 2.24) is 14.9 Å². The van der Waals surface area contributed by atoms with E-state index in [1.807, 2.05) is 0 Å². The van der Waals surface area contributed by atoms with E-state index in [0.29, 0.717) is 44.3 Å². The number of benzene rings is 1. The summed E-state index contributed by atoms with van der Waals surface area (Å²) in [6.07, 6.45) is 2.27. The van der Waals surface area contributed by atoms with E-state index in [0.717, 1.165) is 12.3 Å². The van der Waals surface area contributed by atoms with E-state index >= 15 is 0 Å². The maximum absolute atomic E-state index is 14.0. The molecule has 5 rings (SSSR count). The molecule has 4 heterocycles. The molecule has 8 nitrogen and oxygen atoms in total. The van der Waals surface area contributed by atoms with Gasteiger partial charge in [0.25, 0.3) is 5.91 Å². The van der Waals surface area contributed by atoms with Crippen molar-refractivity contribution in [2.45, 2.75) is 50.5 Å². The first-order valence-corrected chi connectivity index (χ1v) is 11.2. The van der Waals surface area contributed by atoms with E-state index in [-0.39, 0.29) is 18.5 Å². The Balaban J connectivity index is 1.32. The van der Waals surface area contributed by atoms with Gasteiger partial charge in [-0.05, 0) is 37.5 Å². The van der Waals surface area contributed by atoms with Crippen molar-refractivity contribution in [3.8, 4) is 0 Å². The predicted molar refractivity (Wildman–Crippen MR) is 112 cm³/mol. The summed E-state index contributed by atoms with van der Waals surface area (Å²) < 4.78 is 52.6. The molecule has 1 spiro atoms. The number of carbonyl (C=O) groups is 2. The van der Waals surface area contributed by atoms with Gasteiger partial charge >= 0.3 is 5.97 Å². The summed E-state index contributed by atoms with van der Waals surface area (Å²) in [7, 11) is 0. The van der Waals surface area contributed by atoms with Gasteiger partial charge in [0.15, 0.2) is 17.1 Å². The van der Waals surface area contributed by atoms with Gasteiger partial charge in [-0.1, -0.05) is 0 Å². The molecule has 11 heteroatoms. The summed E-state index contributed by atoms with van der Waals surface area (Å²) in [4.78, 5) is 36.8. The summed E-state index contributed by atoms with van der Waals surface area (Å²) in [6, 6.07) is 2.86. The van der Waals surface area contributed by atoms with Gasteiger partial charge in [-0.25, -0.2) is 27.9 Å². The molecule has 0 aliphatic carbocycles. The molecular formula is C23H23F3N4O4. The Kier molecular flexibility index (Phi) is 5.67. The van der Waals surface area contributed by atoms with Crippen LogP contribution >= 0.6 is 0 Å². The highest BCUT2D eigenvalue weighted by Gasteiger charge is 2.58. The van der Waals surface area contributed by atoms with E-state index < -0.39 is 47.0 Å². The second kappa shape index (κ2) is 8.53. The number of piperidine rings is 1. The number of hydrogen-bond acceptors (Lipinski definition) is 7. The summed E-state index contributed by atoms with van der Waals surface area (Å²) in [5, 5.41) is 0. The molecule has 0 N–H and O–H groups in total. The number of carbonyl (C=O) groups excluding carboxylic acids is 2. The highest BCUT2D eigenvalue weighted by molar-refractivity contribution is 5.89. The van der Waals surface area contributed by atoms with E-state index in [2.05, 4.69) is 9.97 Å². The zero-order valence-electron chi connectivity index (χ0n) is 18.5. The number of fused-ring (bicyclic) bond motifs is 1. The van der Waals surface area contributed by atoms with Gasteiger partial charge < -0.3 is 19.3 Å². The molecule has 3 fully saturated rings. The molecule has 0 unspecified atom stereocenters. The van der Waals surface area contributed by atoms with Crippen LogP contribution in [0.5, 0.6) is 0 Å². The predicted octanol–water partition coefficient (Wildman–Crippen LogP) is 3.13. The van der Waals surface area contributed by atoms with Crippen LogP contribution in [0.2, 0.25) is 0 Å². The van der Waals surface area contributed by atoms with Crippen molar-refractivity contribution >= 4 is 17.8 Å². The van der Waals surface area contributed by atoms with Gasteiger partial charge in [-0.15, -0.1) is 0 Å². The Morgan fingerprint density at radius 3 is 2.56 bits per heavy atom. The van der Waals surface area contributed by atoms with E-state index in [9.17, 15) is 22.8 Å². The monoisotopic (exact) mass is 476 g/mol. The van der Waals surface area contributed by atoms with Crippen LogP contribution in [-0.2, 0) is 14.3 Å². The van der Waals surface area contributed by atoms with Crippen LogP contribution in [0.4, 0.5) is 19.1 Å². The molecule has 34 heavy (non-hydrogen) atoms. The summed E-state index contributed by atoms with van der Waals surface area (Å²) >= 11 is 0. The second-order valence-corrected chi connectivity index (χ2v) is 8.65. The summed E-state index contributed by atoms with van der Waals surface area (Å²) in [6.45, 7) is 2.39. The normalized spacial score (nSPS) is 23.5. The van der Waals surface area contributed by atoms with Crippen LogP contribution in [0.25, 0.3) is 0 Å². The molecule has 2 atom stereocenters. The van der Waals surface area contributed by atoms with Crippen molar-refractivity contribution in [2.75, 3.05) is 24.6 Å². The number of anilines is 1. The lowest BCUT2D eigenvalue weighted by Crippen LogP contribution is -2.50. The van der Waals surface area contributed by atoms with E-state index in [1.165, 1.54) is 12.1 Å². The molecule has 0 radical (unpaired) electrons. The minimum Gasteiger partial charge on any atom is -0.461 e. The van der Waals surface area contributed by atoms with Gasteiger partial charge in [0.1, 0.15) is 17.9 Å². The van der Waals surface area contributed by atoms with Gasteiger partial charge in [-0.2, -0.15) is 0 Å². The maximum atomic E-state index is 14.0. The highest BCUT2D eigenvalue weighted by atomic mass is 19.1. The molecule has 1 amide bonds. The molecular weight excluding hydrogens is 453 g/mol. The number of nitrogens with zero attached hydrogens (tertiary/aromatic N) is 4. The lowest BCUT2D eigenvalue weighted by molar-refractivity contribution is -0.140. The van der Waals surface area contributed by atoms with Crippen LogP contribution in [0, 0.1) is 17.5 Å². The van der Waals surface area contributed by atoms with Gasteiger partial charge in [-0.3, -0.25) is 4.79 Å². The Morgan fingerprint density at radius 1 is 1.18 bits per heavy atom. The number of hydrogen-bond donors (Lipinski definition) is 0. The molecule has 3 aliphatic rings. The Bertz CT molecular complexity index is 1120.